The van der Waals surface area contributed by atoms with Crippen LogP contribution in [0.1, 0.15) is 20.8 Å². The molecule has 0 radical (unpaired) electrons. The molecule has 3 atom stereocenters. The maximum absolute atomic E-state index is 14.7. The maximum atomic E-state index is 14.7. The average Bonchev–Trinajstić information content (AvgIpc) is 3.24. The second-order valence-electron chi connectivity index (χ2n) is 11.5. The topological polar surface area (TPSA) is 130 Å². The number of nitrogens with zero attached hydrogens (tertiary/aromatic N) is 5. The summed E-state index contributed by atoms with van der Waals surface area (Å²) in [5.41, 5.74) is 2.74. The van der Waals surface area contributed by atoms with Crippen LogP contribution in [-0.2, 0) is 4.74 Å². The van der Waals surface area contributed by atoms with Crippen LogP contribution in [0.5, 0.6) is 11.8 Å². The minimum absolute atomic E-state index is 0.0432. The van der Waals surface area contributed by atoms with Gasteiger partial charge in [0.1, 0.15) is 22.9 Å². The van der Waals surface area contributed by atoms with Gasteiger partial charge in [-0.2, -0.15) is 9.97 Å². The lowest BCUT2D eigenvalue weighted by Gasteiger charge is -2.24. The van der Waals surface area contributed by atoms with Gasteiger partial charge in [0.05, 0.1) is 33.8 Å². The smallest absolute Gasteiger partial charge is 0.407 e. The summed E-state index contributed by atoms with van der Waals surface area (Å²) in [4.78, 5) is 36.1. The van der Waals surface area contributed by atoms with Gasteiger partial charge < -0.3 is 30.0 Å². The Morgan fingerprint density at radius 3 is 2.68 bits per heavy atom. The third-order valence-electron chi connectivity index (χ3n) is 7.57. The number of carbonyl (C=O) groups is 1. The van der Waals surface area contributed by atoms with Gasteiger partial charge in [-0.1, -0.05) is 0 Å². The number of hydrogen-bond acceptors (Lipinski definition) is 9. The highest BCUT2D eigenvalue weighted by Gasteiger charge is 2.57. The lowest BCUT2D eigenvalue weighted by atomic mass is 10.1. The Bertz CT molecular complexity index is 1820. The normalized spacial score (nSPS) is 19.9. The quantitative estimate of drug-likeness (QED) is 0.274. The molecular formula is C29H29FN8O3. The molecule has 12 heteroatoms. The predicted molar refractivity (Wildman–Crippen MR) is 153 cm³/mol. The minimum atomic E-state index is -0.559. The highest BCUT2D eigenvalue weighted by atomic mass is 19.1. The van der Waals surface area contributed by atoms with Crippen molar-refractivity contribution in [2.75, 3.05) is 30.4 Å². The first-order valence-corrected chi connectivity index (χ1v) is 13.5. The molecule has 1 aliphatic carbocycles. The van der Waals surface area contributed by atoms with E-state index in [2.05, 4.69) is 35.5 Å². The molecule has 1 unspecified atom stereocenters. The summed E-state index contributed by atoms with van der Waals surface area (Å²) in [6.45, 7) is 6.86. The molecule has 41 heavy (non-hydrogen) atoms. The molecule has 0 bridgehead atoms. The van der Waals surface area contributed by atoms with Crippen molar-refractivity contribution in [3.8, 4) is 11.8 Å². The van der Waals surface area contributed by atoms with E-state index >= 15 is 0 Å². The van der Waals surface area contributed by atoms with E-state index in [9.17, 15) is 9.18 Å². The van der Waals surface area contributed by atoms with E-state index in [4.69, 9.17) is 14.5 Å². The zero-order chi connectivity index (χ0) is 28.5. The number of piperidine rings is 1. The third-order valence-corrected chi connectivity index (χ3v) is 7.57. The van der Waals surface area contributed by atoms with Crippen LogP contribution in [0.3, 0.4) is 0 Å². The van der Waals surface area contributed by atoms with Gasteiger partial charge in [-0.25, -0.2) is 9.18 Å². The number of H-pyrrole nitrogens is 1. The first-order chi connectivity index (χ1) is 19.7. The molecule has 1 saturated carbocycles. The summed E-state index contributed by atoms with van der Waals surface area (Å²) in [7, 11) is 1.74. The Morgan fingerprint density at radius 2 is 1.93 bits per heavy atom. The molecule has 2 aliphatic rings. The number of aromatic amines is 1. The third kappa shape index (κ3) is 4.58. The van der Waals surface area contributed by atoms with Crippen molar-refractivity contribution >= 4 is 50.6 Å². The summed E-state index contributed by atoms with van der Waals surface area (Å²) in [5, 5.41) is 7.44. The summed E-state index contributed by atoms with van der Waals surface area (Å²) in [6.07, 6.45) is 2.89. The second kappa shape index (κ2) is 9.15. The van der Waals surface area contributed by atoms with E-state index in [1.54, 1.807) is 25.5 Å². The van der Waals surface area contributed by atoms with Gasteiger partial charge in [0, 0.05) is 55.7 Å². The molecule has 7 rings (SSSR count). The molecule has 1 saturated heterocycles. The van der Waals surface area contributed by atoms with Crippen LogP contribution >= 0.6 is 0 Å². The number of aromatic nitrogens is 5. The lowest BCUT2D eigenvalue weighted by molar-refractivity contribution is 0.0518. The van der Waals surface area contributed by atoms with Gasteiger partial charge >= 0.3 is 12.1 Å². The van der Waals surface area contributed by atoms with Gasteiger partial charge in [0.2, 0.25) is 0 Å². The highest BCUT2D eigenvalue weighted by molar-refractivity contribution is 6.14. The molecule has 5 heterocycles. The number of anilines is 2. The molecule has 5 aromatic rings. The monoisotopic (exact) mass is 556 g/mol. The predicted octanol–water partition coefficient (Wildman–Crippen LogP) is 4.99. The van der Waals surface area contributed by atoms with Gasteiger partial charge in [0.25, 0.3) is 0 Å². The van der Waals surface area contributed by atoms with E-state index in [1.807, 2.05) is 32.9 Å². The molecular weight excluding hydrogens is 527 g/mol. The standard InChI is InChI=1S/C29H29FN8O3/c1-29(2,3)41-28(39)35-23-17-12-38(13-18(17)23)26-22-16-8-14(30)9-21(31-4)24(16)34-25(22)36-27(37-26)40-15-10-20-19(33-11-15)6-5-7-32-20/h5-11,17-18,23,31H,12-13H2,1-4H3,(H,35,39)(H,34,36,37)/t17-,18+,23?. The van der Waals surface area contributed by atoms with E-state index in [-0.39, 0.29) is 29.7 Å². The fraction of sp³-hybridized carbons (Fsp3) is 0.345. The van der Waals surface area contributed by atoms with Crippen LogP contribution in [0, 0.1) is 17.7 Å². The number of hydrogen-bond donors (Lipinski definition) is 3. The average molecular weight is 557 g/mol. The molecule has 3 N–H and O–H groups in total. The molecule has 4 aromatic heterocycles. The Kier molecular flexibility index (Phi) is 5.63. The van der Waals surface area contributed by atoms with Crippen molar-refractivity contribution in [2.24, 2.45) is 11.8 Å². The van der Waals surface area contributed by atoms with Crippen molar-refractivity contribution in [3.63, 3.8) is 0 Å². The molecule has 210 valence electrons. The number of rotatable bonds is 5. The lowest BCUT2D eigenvalue weighted by Crippen LogP contribution is -2.38. The zero-order valence-electron chi connectivity index (χ0n) is 23.0. The fourth-order valence-corrected chi connectivity index (χ4v) is 5.75. The number of fused-ring (bicyclic) bond motifs is 5. The van der Waals surface area contributed by atoms with Crippen molar-refractivity contribution in [3.05, 3.63) is 48.5 Å². The van der Waals surface area contributed by atoms with E-state index in [0.717, 1.165) is 11.0 Å². The van der Waals surface area contributed by atoms with Crippen LogP contribution in [0.2, 0.25) is 0 Å². The Morgan fingerprint density at radius 1 is 1.12 bits per heavy atom. The number of benzene rings is 1. The first kappa shape index (κ1) is 25.2. The zero-order valence-corrected chi connectivity index (χ0v) is 23.0. The Balaban J connectivity index is 1.24. The Hall–Kier alpha value is -4.74. The number of carbonyl (C=O) groups excluding carboxylic acids is 1. The summed E-state index contributed by atoms with van der Waals surface area (Å²) in [6, 6.07) is 8.59. The van der Waals surface area contributed by atoms with E-state index < -0.39 is 11.7 Å². The maximum Gasteiger partial charge on any atom is 0.407 e. The minimum Gasteiger partial charge on any atom is -0.444 e. The van der Waals surface area contributed by atoms with Crippen molar-refractivity contribution < 1.29 is 18.7 Å². The SMILES string of the molecule is CNc1cc(F)cc2c1[nH]c1nc(Oc3cnc4cccnc4c3)nc(N3C[C@@H]4C(NC(=O)OC(C)(C)C)[C@@H]4C3)c12. The van der Waals surface area contributed by atoms with Crippen molar-refractivity contribution in [1.82, 2.24) is 30.2 Å². The summed E-state index contributed by atoms with van der Waals surface area (Å²) >= 11 is 0. The molecule has 1 aliphatic heterocycles. The first-order valence-electron chi connectivity index (χ1n) is 13.5. The number of pyridine rings is 2. The molecule has 0 spiro atoms. The van der Waals surface area contributed by atoms with Gasteiger partial charge in [0.15, 0.2) is 5.75 Å². The largest absolute Gasteiger partial charge is 0.444 e. The molecule has 1 amide bonds. The highest BCUT2D eigenvalue weighted by Crippen LogP contribution is 2.48. The van der Waals surface area contributed by atoms with Crippen LogP contribution in [0.25, 0.3) is 33.0 Å². The van der Waals surface area contributed by atoms with Crippen LogP contribution in [0.15, 0.2) is 42.7 Å². The van der Waals surface area contributed by atoms with Gasteiger partial charge in [-0.15, -0.1) is 0 Å². The fourth-order valence-electron chi connectivity index (χ4n) is 5.75. The second-order valence-corrected chi connectivity index (χ2v) is 11.5. The van der Waals surface area contributed by atoms with Crippen LogP contribution < -0.4 is 20.3 Å². The van der Waals surface area contributed by atoms with Gasteiger partial charge in [-0.05, 0) is 45.0 Å². The van der Waals surface area contributed by atoms with Crippen molar-refractivity contribution in [1.29, 1.82) is 0 Å². The number of ether oxygens (including phenoxy) is 2. The Labute approximate surface area is 234 Å². The van der Waals surface area contributed by atoms with Crippen LogP contribution in [0.4, 0.5) is 20.7 Å². The number of halogens is 1. The number of alkyl carbamates (subject to hydrolysis) is 1. The van der Waals surface area contributed by atoms with Crippen molar-refractivity contribution in [2.45, 2.75) is 32.4 Å². The molecule has 2 fully saturated rings. The summed E-state index contributed by atoms with van der Waals surface area (Å²) in [5.74, 6) is 1.23. The van der Waals surface area contributed by atoms with E-state index in [1.165, 1.54) is 12.1 Å². The number of nitrogens with one attached hydrogen (secondary N) is 3. The summed E-state index contributed by atoms with van der Waals surface area (Å²) < 4.78 is 26.2. The van der Waals surface area contributed by atoms with E-state index in [0.29, 0.717) is 52.3 Å². The van der Waals surface area contributed by atoms with Crippen LogP contribution in [-0.4, -0.2) is 62.8 Å². The number of amides is 1. The molecule has 1 aromatic carbocycles. The molecule has 11 nitrogen and oxygen atoms in total. The van der Waals surface area contributed by atoms with Gasteiger partial charge in [-0.3, -0.25) is 9.97 Å².